The quantitative estimate of drug-likeness (QED) is 0.623. The molecule has 5 heteroatoms. The van der Waals surface area contributed by atoms with Crippen molar-refractivity contribution in [3.8, 4) is 5.75 Å². The summed E-state index contributed by atoms with van der Waals surface area (Å²) in [6.45, 7) is 5.15. The van der Waals surface area contributed by atoms with Gasteiger partial charge in [0.05, 0.1) is 7.11 Å². The summed E-state index contributed by atoms with van der Waals surface area (Å²) in [5, 5.41) is 6.54. The summed E-state index contributed by atoms with van der Waals surface area (Å²) >= 11 is 0. The van der Waals surface area contributed by atoms with E-state index in [1.165, 1.54) is 6.07 Å². The highest BCUT2D eigenvalue weighted by Crippen LogP contribution is 2.24. The molecule has 0 bridgehead atoms. The number of benzene rings is 2. The van der Waals surface area contributed by atoms with Gasteiger partial charge in [-0.15, -0.1) is 0 Å². The first kappa shape index (κ1) is 18.8. The largest absolute Gasteiger partial charge is 0.496 e. The van der Waals surface area contributed by atoms with Crippen molar-refractivity contribution in [3.63, 3.8) is 0 Å². The van der Waals surface area contributed by atoms with Crippen LogP contribution in [0, 0.1) is 5.82 Å². The average molecular weight is 343 g/mol. The molecule has 0 spiro atoms. The maximum atomic E-state index is 14.1. The van der Waals surface area contributed by atoms with Crippen LogP contribution >= 0.6 is 0 Å². The number of ether oxygens (including phenoxy) is 1. The summed E-state index contributed by atoms with van der Waals surface area (Å²) < 4.78 is 19.4. The van der Waals surface area contributed by atoms with Crippen LogP contribution in [0.3, 0.4) is 0 Å². The van der Waals surface area contributed by atoms with Crippen LogP contribution < -0.4 is 15.4 Å². The second-order valence-electron chi connectivity index (χ2n) is 6.45. The number of hydrogen-bond donors (Lipinski definition) is 2. The van der Waals surface area contributed by atoms with Crippen LogP contribution in [0.1, 0.15) is 25.0 Å². The highest BCUT2D eigenvalue weighted by molar-refractivity contribution is 5.79. The summed E-state index contributed by atoms with van der Waals surface area (Å²) in [5.74, 6) is 1.30. The number of nitrogens with one attached hydrogen (secondary N) is 2. The number of para-hydroxylation sites is 1. The van der Waals surface area contributed by atoms with E-state index >= 15 is 0 Å². The molecule has 0 saturated heterocycles. The Hall–Kier alpha value is -2.56. The van der Waals surface area contributed by atoms with Crippen LogP contribution in [0.2, 0.25) is 0 Å². The number of rotatable bonds is 6. The Bertz CT molecular complexity index is 728. The van der Waals surface area contributed by atoms with E-state index in [-0.39, 0.29) is 11.2 Å². The Balaban J connectivity index is 1.97. The van der Waals surface area contributed by atoms with Gasteiger partial charge in [0.15, 0.2) is 5.96 Å². The molecular formula is C20H26FN3O. The third-order valence-corrected chi connectivity index (χ3v) is 4.16. The normalized spacial score (nSPS) is 12.0. The van der Waals surface area contributed by atoms with Gasteiger partial charge in [-0.1, -0.05) is 50.2 Å². The average Bonchev–Trinajstić information content (AvgIpc) is 2.62. The fourth-order valence-corrected chi connectivity index (χ4v) is 2.66. The molecule has 0 amide bonds. The van der Waals surface area contributed by atoms with E-state index in [9.17, 15) is 4.39 Å². The molecule has 0 radical (unpaired) electrons. The zero-order valence-electron chi connectivity index (χ0n) is 15.3. The third kappa shape index (κ3) is 4.95. The molecule has 4 nitrogen and oxygen atoms in total. The zero-order chi connectivity index (χ0) is 18.3. The molecule has 2 aromatic carbocycles. The Morgan fingerprint density at radius 3 is 2.44 bits per heavy atom. The molecule has 2 N–H and O–H groups in total. The first-order valence-electron chi connectivity index (χ1n) is 8.29. The Labute approximate surface area is 149 Å². The number of aliphatic imine (C=N–C) groups is 1. The van der Waals surface area contributed by atoms with Gasteiger partial charge in [-0.25, -0.2) is 4.39 Å². The standard InChI is InChI=1S/C20H26FN3O/c1-20(2,16-10-6-7-11-17(16)21)14-24-19(22-3)23-13-15-9-5-8-12-18(15)25-4/h5-12H,13-14H2,1-4H3,(H2,22,23,24). The number of guanidine groups is 1. The van der Waals surface area contributed by atoms with Gasteiger partial charge < -0.3 is 15.4 Å². The van der Waals surface area contributed by atoms with E-state index in [0.717, 1.165) is 11.3 Å². The zero-order valence-corrected chi connectivity index (χ0v) is 15.3. The van der Waals surface area contributed by atoms with Crippen molar-refractivity contribution < 1.29 is 9.13 Å². The predicted molar refractivity (Wildman–Crippen MR) is 101 cm³/mol. The van der Waals surface area contributed by atoms with E-state index < -0.39 is 0 Å². The predicted octanol–water partition coefficient (Wildman–Crippen LogP) is 3.48. The third-order valence-electron chi connectivity index (χ3n) is 4.16. The number of nitrogens with zero attached hydrogens (tertiary/aromatic N) is 1. The molecule has 0 aromatic heterocycles. The molecule has 0 heterocycles. The molecule has 0 aliphatic rings. The van der Waals surface area contributed by atoms with Crippen LogP contribution in [-0.2, 0) is 12.0 Å². The van der Waals surface area contributed by atoms with Gasteiger partial charge in [0.25, 0.3) is 0 Å². The fraction of sp³-hybridized carbons (Fsp3) is 0.350. The highest BCUT2D eigenvalue weighted by Gasteiger charge is 2.24. The van der Waals surface area contributed by atoms with Crippen molar-refractivity contribution in [3.05, 3.63) is 65.5 Å². The maximum Gasteiger partial charge on any atom is 0.191 e. The van der Waals surface area contributed by atoms with Crippen LogP contribution in [0.4, 0.5) is 4.39 Å². The summed E-state index contributed by atoms with van der Waals surface area (Å²) in [7, 11) is 3.37. The molecular weight excluding hydrogens is 317 g/mol. The fourth-order valence-electron chi connectivity index (χ4n) is 2.66. The first-order chi connectivity index (χ1) is 12.0. The van der Waals surface area contributed by atoms with Gasteiger partial charge in [0.2, 0.25) is 0 Å². The lowest BCUT2D eigenvalue weighted by atomic mass is 9.84. The lowest BCUT2D eigenvalue weighted by Gasteiger charge is -2.27. The van der Waals surface area contributed by atoms with Gasteiger partial charge in [-0.2, -0.15) is 0 Å². The summed E-state index contributed by atoms with van der Waals surface area (Å²) in [5.41, 5.74) is 1.36. The molecule has 0 aliphatic carbocycles. The van der Waals surface area contributed by atoms with Gasteiger partial charge in [0, 0.05) is 31.1 Å². The molecule has 0 unspecified atom stereocenters. The summed E-state index contributed by atoms with van der Waals surface area (Å²) in [6, 6.07) is 14.7. The van der Waals surface area contributed by atoms with Crippen molar-refractivity contribution in [1.29, 1.82) is 0 Å². The van der Waals surface area contributed by atoms with E-state index in [2.05, 4.69) is 15.6 Å². The van der Waals surface area contributed by atoms with E-state index in [4.69, 9.17) is 4.74 Å². The minimum absolute atomic E-state index is 0.189. The van der Waals surface area contributed by atoms with Gasteiger partial charge in [0.1, 0.15) is 11.6 Å². The van der Waals surface area contributed by atoms with E-state index in [0.29, 0.717) is 24.6 Å². The number of halogens is 1. The Morgan fingerprint density at radius 1 is 1.08 bits per heavy atom. The summed E-state index contributed by atoms with van der Waals surface area (Å²) in [4.78, 5) is 4.24. The molecule has 2 rings (SSSR count). The molecule has 25 heavy (non-hydrogen) atoms. The van der Waals surface area contributed by atoms with Crippen molar-refractivity contribution in [2.45, 2.75) is 25.8 Å². The van der Waals surface area contributed by atoms with Crippen LogP contribution in [0.25, 0.3) is 0 Å². The molecule has 0 atom stereocenters. The van der Waals surface area contributed by atoms with E-state index in [1.54, 1.807) is 20.2 Å². The molecule has 134 valence electrons. The smallest absolute Gasteiger partial charge is 0.191 e. The van der Waals surface area contributed by atoms with Crippen LogP contribution in [0.15, 0.2) is 53.5 Å². The first-order valence-corrected chi connectivity index (χ1v) is 8.29. The van der Waals surface area contributed by atoms with Crippen molar-refractivity contribution in [2.24, 2.45) is 4.99 Å². The monoisotopic (exact) mass is 343 g/mol. The molecule has 0 saturated carbocycles. The van der Waals surface area contributed by atoms with Gasteiger partial charge in [-0.3, -0.25) is 4.99 Å². The van der Waals surface area contributed by atoms with Crippen LogP contribution in [-0.4, -0.2) is 26.7 Å². The topological polar surface area (TPSA) is 45.7 Å². The molecule has 2 aromatic rings. The maximum absolute atomic E-state index is 14.1. The van der Waals surface area contributed by atoms with Gasteiger partial charge in [-0.05, 0) is 17.7 Å². The molecule has 0 aliphatic heterocycles. The second-order valence-corrected chi connectivity index (χ2v) is 6.45. The van der Waals surface area contributed by atoms with Crippen molar-refractivity contribution in [1.82, 2.24) is 10.6 Å². The minimum Gasteiger partial charge on any atom is -0.496 e. The van der Waals surface area contributed by atoms with Crippen molar-refractivity contribution >= 4 is 5.96 Å². The lowest BCUT2D eigenvalue weighted by molar-refractivity contribution is 0.409. The SMILES string of the molecule is CN=C(NCc1ccccc1OC)NCC(C)(C)c1ccccc1F. The lowest BCUT2D eigenvalue weighted by Crippen LogP contribution is -2.43. The van der Waals surface area contributed by atoms with Crippen molar-refractivity contribution in [2.75, 3.05) is 20.7 Å². The summed E-state index contributed by atoms with van der Waals surface area (Å²) in [6.07, 6.45) is 0. The number of methoxy groups -OCH3 is 1. The molecule has 0 fully saturated rings. The van der Waals surface area contributed by atoms with E-state index in [1.807, 2.05) is 50.2 Å². The minimum atomic E-state index is -0.368. The van der Waals surface area contributed by atoms with Gasteiger partial charge >= 0.3 is 0 Å². The Kier molecular flexibility index (Phi) is 6.39. The second kappa shape index (κ2) is 8.51. The number of hydrogen-bond acceptors (Lipinski definition) is 2. The Morgan fingerprint density at radius 2 is 1.76 bits per heavy atom. The van der Waals surface area contributed by atoms with Crippen LogP contribution in [0.5, 0.6) is 5.75 Å². The highest BCUT2D eigenvalue weighted by atomic mass is 19.1.